The molecule has 46 heavy (non-hydrogen) atoms. The molecule has 0 spiro atoms. The van der Waals surface area contributed by atoms with E-state index in [0.29, 0.717) is 10.5 Å². The minimum absolute atomic E-state index is 0.00843. The molecule has 0 radical (unpaired) electrons. The third kappa shape index (κ3) is 8.11. The van der Waals surface area contributed by atoms with Crippen molar-refractivity contribution in [3.05, 3.63) is 83.9 Å². The van der Waals surface area contributed by atoms with E-state index in [1.54, 1.807) is 0 Å². The fourth-order valence-electron chi connectivity index (χ4n) is 4.57. The number of nitrogens with one attached hydrogen (secondary N) is 1. The van der Waals surface area contributed by atoms with E-state index in [2.05, 4.69) is 5.32 Å². The number of anilines is 4. The Morgan fingerprint density at radius 3 is 2.09 bits per heavy atom. The number of sulfone groups is 1. The van der Waals surface area contributed by atoms with Crippen LogP contribution in [0.5, 0.6) is 5.75 Å². The maximum atomic E-state index is 13.4. The van der Waals surface area contributed by atoms with Gasteiger partial charge in [-0.1, -0.05) is 36.4 Å². The lowest BCUT2D eigenvalue weighted by Gasteiger charge is -2.27. The molecule has 0 aliphatic heterocycles. The first-order valence-corrected chi connectivity index (χ1v) is 18.4. The van der Waals surface area contributed by atoms with Crippen LogP contribution >= 0.6 is 11.6 Å². The number of nitrogens with two attached hydrogens (primary N) is 1. The Bertz CT molecular complexity index is 2170. The number of amides is 2. The summed E-state index contributed by atoms with van der Waals surface area (Å²) >= 11 is 5.53. The zero-order chi connectivity index (χ0) is 34.0. The molecule has 0 heterocycles. The molecule has 0 aliphatic rings. The number of nitrogen functional groups attached to an aromatic ring is 1. The average Bonchev–Trinajstić information content (AvgIpc) is 2.93. The van der Waals surface area contributed by atoms with Gasteiger partial charge < -0.3 is 16.2 Å². The van der Waals surface area contributed by atoms with E-state index >= 15 is 0 Å². The highest BCUT2D eigenvalue weighted by atomic mass is 35.5. The van der Waals surface area contributed by atoms with Crippen LogP contribution in [-0.4, -0.2) is 68.7 Å². The molecule has 0 atom stereocenters. The number of aromatic hydroxyl groups is 1. The van der Waals surface area contributed by atoms with E-state index in [-0.39, 0.29) is 50.8 Å². The number of fused-ring (bicyclic) bond motifs is 1. The molecule has 0 aliphatic carbocycles. The van der Waals surface area contributed by atoms with Gasteiger partial charge in [0.15, 0.2) is 15.6 Å². The maximum Gasteiger partial charge on any atom is 0.296 e. The molecule has 0 unspecified atom stereocenters. The molecule has 14 nitrogen and oxygen atoms in total. The van der Waals surface area contributed by atoms with Crippen molar-refractivity contribution in [2.24, 2.45) is 0 Å². The summed E-state index contributed by atoms with van der Waals surface area (Å²) in [5.41, 5.74) is 4.86. The zero-order valence-corrected chi connectivity index (χ0v) is 26.7. The van der Waals surface area contributed by atoms with Crippen molar-refractivity contribution >= 4 is 87.0 Å². The SMILES string of the molecule is Nc1c(N(C(=O)CS(=O)(=O)O)c2cccc3c(O)cccc23)cc(NC(=O)c2ccc(CS(=O)(=O)CCCl)cc2)cc1S(=O)(=O)O. The predicted octanol–water partition coefficient (Wildman–Crippen LogP) is 3.33. The number of alkyl halides is 1. The molecule has 244 valence electrons. The van der Waals surface area contributed by atoms with E-state index in [4.69, 9.17) is 17.3 Å². The molecule has 4 aromatic rings. The lowest BCUT2D eigenvalue weighted by atomic mass is 10.1. The number of phenols is 1. The average molecular weight is 712 g/mol. The maximum absolute atomic E-state index is 13.4. The van der Waals surface area contributed by atoms with Gasteiger partial charge in [-0.15, -0.1) is 11.6 Å². The molecule has 4 rings (SSSR count). The van der Waals surface area contributed by atoms with Gasteiger partial charge in [-0.05, 0) is 42.0 Å². The van der Waals surface area contributed by atoms with Crippen LogP contribution in [0.3, 0.4) is 0 Å². The molecule has 4 aromatic carbocycles. The molecule has 0 bridgehead atoms. The van der Waals surface area contributed by atoms with Gasteiger partial charge >= 0.3 is 0 Å². The van der Waals surface area contributed by atoms with Crippen LogP contribution in [0.2, 0.25) is 0 Å². The number of halogens is 1. The van der Waals surface area contributed by atoms with Crippen LogP contribution in [0.4, 0.5) is 22.7 Å². The van der Waals surface area contributed by atoms with Crippen molar-refractivity contribution in [2.75, 3.05) is 33.3 Å². The highest BCUT2D eigenvalue weighted by Crippen LogP contribution is 2.41. The van der Waals surface area contributed by atoms with Crippen molar-refractivity contribution in [3.8, 4) is 5.75 Å². The second-order valence-corrected chi connectivity index (χ2v) is 15.3. The first-order chi connectivity index (χ1) is 21.4. The van der Waals surface area contributed by atoms with Crippen LogP contribution in [0.1, 0.15) is 15.9 Å². The first-order valence-electron chi connectivity index (χ1n) is 13.0. The fourth-order valence-corrected chi connectivity index (χ4v) is 7.46. The molecule has 6 N–H and O–H groups in total. The molecule has 0 saturated heterocycles. The standard InChI is InChI=1S/C28H26ClN3O11S3/c29-11-12-44(36,37)15-17-7-9-18(10-8-17)28(35)31-19-13-23(27(30)25(14-19)46(41,42)43)32(26(34)16-45(38,39)40)22-5-1-4-21-20(22)3-2-6-24(21)33/h1-10,13-14,33H,11-12,15-16,30H2,(H,31,35)(H,38,39,40)(H,41,42,43). The molecule has 2 amide bonds. The van der Waals surface area contributed by atoms with E-state index in [1.165, 1.54) is 60.7 Å². The second kappa shape index (κ2) is 13.2. The normalized spacial score (nSPS) is 12.2. The third-order valence-corrected chi connectivity index (χ3v) is 10.1. The summed E-state index contributed by atoms with van der Waals surface area (Å²) in [5.74, 6) is -4.47. The predicted molar refractivity (Wildman–Crippen MR) is 172 cm³/mol. The van der Waals surface area contributed by atoms with Gasteiger partial charge in [-0.3, -0.25) is 23.6 Å². The van der Waals surface area contributed by atoms with Gasteiger partial charge in [0.1, 0.15) is 10.6 Å². The molecule has 0 aromatic heterocycles. The van der Waals surface area contributed by atoms with Gasteiger partial charge in [0.05, 0.1) is 28.6 Å². The fraction of sp³-hybridized carbons (Fsp3) is 0.143. The van der Waals surface area contributed by atoms with Crippen molar-refractivity contribution in [1.82, 2.24) is 0 Å². The van der Waals surface area contributed by atoms with Crippen molar-refractivity contribution in [1.29, 1.82) is 0 Å². The highest BCUT2D eigenvalue weighted by Gasteiger charge is 2.30. The molecule has 0 fully saturated rings. The Labute approximate surface area is 268 Å². The summed E-state index contributed by atoms with van der Waals surface area (Å²) in [4.78, 5) is 26.3. The van der Waals surface area contributed by atoms with Gasteiger partial charge in [-0.2, -0.15) is 16.8 Å². The van der Waals surface area contributed by atoms with E-state index in [9.17, 15) is 49.1 Å². The van der Waals surface area contributed by atoms with Gasteiger partial charge in [0.2, 0.25) is 5.91 Å². The summed E-state index contributed by atoms with van der Waals surface area (Å²) in [6.07, 6.45) is 0. The summed E-state index contributed by atoms with van der Waals surface area (Å²) in [6.45, 7) is 0. The Morgan fingerprint density at radius 1 is 0.848 bits per heavy atom. The highest BCUT2D eigenvalue weighted by molar-refractivity contribution is 7.90. The van der Waals surface area contributed by atoms with Crippen LogP contribution in [0.25, 0.3) is 10.8 Å². The molecular formula is C28H26ClN3O11S3. The quantitative estimate of drug-likeness (QED) is 0.0855. The zero-order valence-electron chi connectivity index (χ0n) is 23.5. The summed E-state index contributed by atoms with van der Waals surface area (Å²) in [5, 5.41) is 13.2. The van der Waals surface area contributed by atoms with Crippen molar-refractivity contribution in [3.63, 3.8) is 0 Å². The van der Waals surface area contributed by atoms with Gasteiger partial charge in [-0.25, -0.2) is 8.42 Å². The summed E-state index contributed by atoms with van der Waals surface area (Å²) < 4.78 is 91.8. The molecular weight excluding hydrogens is 686 g/mol. The number of benzene rings is 4. The number of carbonyl (C=O) groups is 2. The number of rotatable bonds is 11. The number of hydrogen-bond donors (Lipinski definition) is 5. The third-order valence-electron chi connectivity index (χ3n) is 6.56. The van der Waals surface area contributed by atoms with E-state index < -0.39 is 63.9 Å². The Morgan fingerprint density at radius 2 is 1.48 bits per heavy atom. The Balaban J connectivity index is 1.85. The van der Waals surface area contributed by atoms with E-state index in [0.717, 1.165) is 12.1 Å². The number of hydrogen-bond acceptors (Lipinski definition) is 10. The summed E-state index contributed by atoms with van der Waals surface area (Å²) in [6, 6.07) is 15.7. The molecule has 18 heteroatoms. The minimum Gasteiger partial charge on any atom is -0.507 e. The smallest absolute Gasteiger partial charge is 0.296 e. The lowest BCUT2D eigenvalue weighted by Crippen LogP contribution is -2.33. The Kier molecular flexibility index (Phi) is 9.95. The van der Waals surface area contributed by atoms with Crippen LogP contribution in [0, 0.1) is 0 Å². The molecule has 0 saturated carbocycles. The second-order valence-electron chi connectivity index (χ2n) is 9.92. The Hall–Kier alpha value is -4.26. The van der Waals surface area contributed by atoms with Crippen LogP contribution < -0.4 is 16.0 Å². The van der Waals surface area contributed by atoms with Gasteiger partial charge in [0, 0.05) is 27.9 Å². The first kappa shape index (κ1) is 34.6. The topological polar surface area (TPSA) is 239 Å². The number of carbonyl (C=O) groups excluding carboxylic acids is 2. The lowest BCUT2D eigenvalue weighted by molar-refractivity contribution is -0.115. The van der Waals surface area contributed by atoms with Crippen molar-refractivity contribution in [2.45, 2.75) is 10.6 Å². The number of nitrogens with zero attached hydrogens (tertiary/aromatic N) is 1. The summed E-state index contributed by atoms with van der Waals surface area (Å²) in [7, 11) is -13.5. The van der Waals surface area contributed by atoms with Crippen LogP contribution in [0.15, 0.2) is 77.7 Å². The van der Waals surface area contributed by atoms with Gasteiger partial charge in [0.25, 0.3) is 26.1 Å². The van der Waals surface area contributed by atoms with Crippen molar-refractivity contribution < 1.29 is 49.1 Å². The van der Waals surface area contributed by atoms with Crippen LogP contribution in [-0.2, 0) is 40.6 Å². The monoisotopic (exact) mass is 711 g/mol. The minimum atomic E-state index is -5.12. The van der Waals surface area contributed by atoms with E-state index in [1.807, 2.05) is 0 Å². The largest absolute Gasteiger partial charge is 0.507 e. The number of phenolic OH excluding ortho intramolecular Hbond substituents is 1.